The van der Waals surface area contributed by atoms with Crippen molar-refractivity contribution in [3.05, 3.63) is 68.8 Å². The number of ether oxygens (including phenoxy) is 5. The Labute approximate surface area is 327 Å². The molecule has 3 aromatic carbocycles. The minimum absolute atomic E-state index is 0.00267. The summed E-state index contributed by atoms with van der Waals surface area (Å²) < 4.78 is 28.0. The van der Waals surface area contributed by atoms with E-state index in [-0.39, 0.29) is 28.0 Å². The summed E-state index contributed by atoms with van der Waals surface area (Å²) in [7, 11) is 1.25. The molecule has 310 valence electrons. The van der Waals surface area contributed by atoms with Crippen molar-refractivity contribution in [3.63, 3.8) is 0 Å². The summed E-state index contributed by atoms with van der Waals surface area (Å²) in [4.78, 5) is 52.5. The Morgan fingerprint density at radius 1 is 0.793 bits per heavy atom. The van der Waals surface area contributed by atoms with Crippen LogP contribution in [0.2, 0.25) is 0 Å². The quantitative estimate of drug-likeness (QED) is 0.0992. The Hall–Kier alpha value is -5.26. The highest BCUT2D eigenvalue weighted by atomic mass is 16.7. The minimum Gasteiger partial charge on any atom is -0.507 e. The fourth-order valence-corrected chi connectivity index (χ4v) is 7.79. The van der Waals surface area contributed by atoms with Crippen LogP contribution in [0.25, 0.3) is 11.1 Å². The second kappa shape index (κ2) is 15.2. The predicted octanol–water partition coefficient (Wildman–Crippen LogP) is -1.23. The average Bonchev–Trinajstić information content (AvgIpc) is 3.17. The third-order valence-electron chi connectivity index (χ3n) is 10.7. The SMILES string of the molecule is COc1cc(O)c2c(c1)C(=O)c1c(cc3c(c1O)-c1c(cc(C)c(C(=O)NCC(=O)O)c1O)[C@H](OC1OC(C)C(O)C(OC4OCC(O)C(O)C4O)C1O)[C@H]3O)C2=O. The van der Waals surface area contributed by atoms with Gasteiger partial charge < -0.3 is 80.1 Å². The van der Waals surface area contributed by atoms with E-state index < -0.39 is 155 Å². The maximum atomic E-state index is 14.0. The van der Waals surface area contributed by atoms with Crippen LogP contribution in [0.5, 0.6) is 23.0 Å². The van der Waals surface area contributed by atoms with Crippen molar-refractivity contribution < 1.29 is 93.9 Å². The van der Waals surface area contributed by atoms with E-state index in [4.69, 9.17) is 23.7 Å². The Balaban J connectivity index is 1.36. The second-order valence-corrected chi connectivity index (χ2v) is 14.3. The molecule has 7 rings (SSSR count). The van der Waals surface area contributed by atoms with Crippen LogP contribution in [0.4, 0.5) is 0 Å². The summed E-state index contributed by atoms with van der Waals surface area (Å²) in [5.74, 6) is -6.79. The zero-order valence-corrected chi connectivity index (χ0v) is 30.7. The van der Waals surface area contributed by atoms with Crippen molar-refractivity contribution in [2.24, 2.45) is 0 Å². The molecule has 2 aliphatic heterocycles. The average molecular weight is 814 g/mol. The molecule has 0 bridgehead atoms. The van der Waals surface area contributed by atoms with Gasteiger partial charge in [-0.25, -0.2) is 0 Å². The predicted molar refractivity (Wildman–Crippen MR) is 189 cm³/mol. The molecule has 20 heteroatoms. The standard InChI is InChI=1S/C38H39NO19/c1-10-4-16-23(30(49)20(10)36(53)39-8-19(42)43)22-14(7-15-24(31(22)50)27(46)13-5-12(54-3)6-17(40)21(13)26(15)45)28(47)34(16)57-38-33(52)35(25(44)11(2)56-38)58-37-32(51)29(48)18(41)9-55-37/h4-7,11,18,25,28-29,32-35,37-38,40-41,44,47-52H,8-9H2,1-3H3,(H,39,53)(H,42,43)/t11?,18?,25?,28-,29?,32?,33?,34-,35?,37?,38?/m0/s1. The van der Waals surface area contributed by atoms with Crippen molar-refractivity contribution in [2.45, 2.75) is 81.4 Å². The van der Waals surface area contributed by atoms with Crippen molar-refractivity contribution in [2.75, 3.05) is 20.3 Å². The maximum absolute atomic E-state index is 14.0. The first kappa shape index (κ1) is 40.9. The zero-order chi connectivity index (χ0) is 42.2. The number of carboxylic acid groups (broad SMARTS) is 1. The van der Waals surface area contributed by atoms with Crippen LogP contribution < -0.4 is 10.1 Å². The van der Waals surface area contributed by atoms with Crippen LogP contribution >= 0.6 is 0 Å². The van der Waals surface area contributed by atoms with Crippen molar-refractivity contribution in [3.8, 4) is 34.1 Å². The number of hydrogen-bond acceptors (Lipinski definition) is 18. The topological polar surface area (TPSA) is 329 Å². The minimum atomic E-state index is -1.95. The molecule has 2 aliphatic carbocycles. The third-order valence-corrected chi connectivity index (χ3v) is 10.7. The summed E-state index contributed by atoms with van der Waals surface area (Å²) in [5, 5.41) is 111. The van der Waals surface area contributed by atoms with Gasteiger partial charge in [0.15, 0.2) is 24.1 Å². The summed E-state index contributed by atoms with van der Waals surface area (Å²) in [6, 6.07) is 4.55. The fourth-order valence-electron chi connectivity index (χ4n) is 7.79. The molecule has 3 aromatic rings. The lowest BCUT2D eigenvalue weighted by Gasteiger charge is -2.45. The number of benzene rings is 3. The molecule has 9 unspecified atom stereocenters. The molecule has 1 amide bonds. The van der Waals surface area contributed by atoms with E-state index in [1.807, 2.05) is 0 Å². The summed E-state index contributed by atoms with van der Waals surface area (Å²) in [6.07, 6.45) is -18.5. The highest BCUT2D eigenvalue weighted by molar-refractivity contribution is 6.31. The van der Waals surface area contributed by atoms with E-state index in [0.717, 1.165) is 12.1 Å². The van der Waals surface area contributed by atoms with Crippen molar-refractivity contribution >= 4 is 23.4 Å². The number of aliphatic hydroxyl groups is 6. The number of fused-ring (bicyclic) bond motifs is 5. The fraction of sp³-hybridized carbons (Fsp3) is 0.421. The van der Waals surface area contributed by atoms with Gasteiger partial charge in [-0.1, -0.05) is 6.07 Å². The number of aryl methyl sites for hydroxylation is 1. The van der Waals surface area contributed by atoms with E-state index in [1.165, 1.54) is 33.1 Å². The molecular weight excluding hydrogens is 774 g/mol. The Kier molecular flexibility index (Phi) is 10.7. The highest BCUT2D eigenvalue weighted by Crippen LogP contribution is 2.57. The molecule has 4 aliphatic rings. The van der Waals surface area contributed by atoms with Crippen molar-refractivity contribution in [1.29, 1.82) is 0 Å². The lowest BCUT2D eigenvalue weighted by Crippen LogP contribution is -2.62. The van der Waals surface area contributed by atoms with E-state index in [9.17, 15) is 70.2 Å². The van der Waals surface area contributed by atoms with E-state index in [2.05, 4.69) is 5.32 Å². The first-order valence-corrected chi connectivity index (χ1v) is 17.8. The lowest BCUT2D eigenvalue weighted by atomic mass is 9.74. The number of hydrogen-bond donors (Lipinski definition) is 11. The van der Waals surface area contributed by atoms with Crippen LogP contribution in [-0.2, 0) is 23.7 Å². The van der Waals surface area contributed by atoms with Gasteiger partial charge in [0.25, 0.3) is 5.91 Å². The van der Waals surface area contributed by atoms with E-state index in [1.54, 1.807) is 0 Å². The normalized spacial score (nSPS) is 30.1. The molecule has 0 saturated carbocycles. The highest BCUT2D eigenvalue weighted by Gasteiger charge is 2.51. The van der Waals surface area contributed by atoms with Gasteiger partial charge in [-0.15, -0.1) is 0 Å². The van der Waals surface area contributed by atoms with Gasteiger partial charge in [0.05, 0.1) is 36.5 Å². The number of carbonyl (C=O) groups is 4. The molecule has 2 heterocycles. The van der Waals surface area contributed by atoms with Gasteiger partial charge >= 0.3 is 5.97 Å². The van der Waals surface area contributed by atoms with Crippen LogP contribution in [0.1, 0.15) is 78.0 Å². The van der Waals surface area contributed by atoms with Crippen molar-refractivity contribution in [1.82, 2.24) is 5.32 Å². The first-order valence-electron chi connectivity index (χ1n) is 17.8. The number of ketones is 2. The van der Waals surface area contributed by atoms with Crippen LogP contribution in [0, 0.1) is 6.92 Å². The molecule has 11 N–H and O–H groups in total. The summed E-state index contributed by atoms with van der Waals surface area (Å²) >= 11 is 0. The summed E-state index contributed by atoms with van der Waals surface area (Å²) in [5.41, 5.74) is -3.65. The number of nitrogens with one attached hydrogen (secondary N) is 1. The van der Waals surface area contributed by atoms with Crippen LogP contribution in [0.15, 0.2) is 24.3 Å². The van der Waals surface area contributed by atoms with Gasteiger partial charge in [0, 0.05) is 28.3 Å². The molecule has 0 radical (unpaired) electrons. The van der Waals surface area contributed by atoms with Gasteiger partial charge in [-0.3, -0.25) is 19.2 Å². The number of aromatic hydroxyl groups is 3. The first-order chi connectivity index (χ1) is 27.4. The Bertz CT molecular complexity index is 2220. The number of rotatable bonds is 8. The Morgan fingerprint density at radius 3 is 2.12 bits per heavy atom. The van der Waals surface area contributed by atoms with Gasteiger partial charge in [0.2, 0.25) is 0 Å². The zero-order valence-electron chi connectivity index (χ0n) is 30.7. The maximum Gasteiger partial charge on any atom is 0.322 e. The van der Waals surface area contributed by atoms with Gasteiger partial charge in [0.1, 0.15) is 78.4 Å². The molecule has 0 spiro atoms. The van der Waals surface area contributed by atoms with Gasteiger partial charge in [-0.2, -0.15) is 0 Å². The number of carboxylic acids is 1. The monoisotopic (exact) mass is 813 g/mol. The second-order valence-electron chi connectivity index (χ2n) is 14.3. The number of methoxy groups -OCH3 is 1. The number of phenols is 3. The number of aliphatic carboxylic acids is 1. The largest absolute Gasteiger partial charge is 0.507 e. The summed E-state index contributed by atoms with van der Waals surface area (Å²) in [6.45, 7) is 1.40. The molecular formula is C38H39NO19. The molecule has 0 aromatic heterocycles. The van der Waals surface area contributed by atoms with Crippen LogP contribution in [0.3, 0.4) is 0 Å². The van der Waals surface area contributed by atoms with E-state index >= 15 is 0 Å². The van der Waals surface area contributed by atoms with Gasteiger partial charge in [-0.05, 0) is 42.7 Å². The number of aliphatic hydroxyl groups excluding tert-OH is 6. The lowest BCUT2D eigenvalue weighted by molar-refractivity contribution is -0.353. The molecule has 20 nitrogen and oxygen atoms in total. The smallest absolute Gasteiger partial charge is 0.322 e. The molecule has 11 atom stereocenters. The van der Waals surface area contributed by atoms with Crippen LogP contribution in [-0.4, -0.2) is 150 Å². The van der Waals surface area contributed by atoms with E-state index in [0.29, 0.717) is 0 Å². The number of amides is 1. The molecule has 2 fully saturated rings. The molecule has 2 saturated heterocycles. The Morgan fingerprint density at radius 2 is 1.45 bits per heavy atom. The third kappa shape index (κ3) is 6.52. The molecule has 58 heavy (non-hydrogen) atoms. The number of carbonyl (C=O) groups excluding carboxylic acids is 3. The number of phenolic OH excluding ortho intramolecular Hbond substituents is 3.